The van der Waals surface area contributed by atoms with Gasteiger partial charge in [0, 0.05) is 13.0 Å². The highest BCUT2D eigenvalue weighted by atomic mass is 16.6. The lowest BCUT2D eigenvalue weighted by Gasteiger charge is -2.24. The molecule has 0 aliphatic heterocycles. The molecule has 582 valence electrons. The molecule has 0 aromatic carbocycles. The number of ether oxygens (including phenoxy) is 7. The van der Waals surface area contributed by atoms with Crippen LogP contribution in [-0.2, 0) is 61.9 Å². The highest BCUT2D eigenvalue weighted by Gasteiger charge is 2.28. The number of carbonyl (C=O) groups excluding carboxylic acids is 6. The minimum atomic E-state index is -0.486. The summed E-state index contributed by atoms with van der Waals surface area (Å²) in [5, 5.41) is 0. The van der Waals surface area contributed by atoms with Gasteiger partial charge in [-0.1, -0.05) is 260 Å². The minimum absolute atomic E-state index is 0.00350. The van der Waals surface area contributed by atoms with Gasteiger partial charge in [0.2, 0.25) is 0 Å². The van der Waals surface area contributed by atoms with E-state index in [1.807, 2.05) is 76.2 Å². The molecule has 15 nitrogen and oxygen atoms in total. The number of carbonyl (C=O) groups is 6. The van der Waals surface area contributed by atoms with Gasteiger partial charge in [0.1, 0.15) is 12.6 Å². The van der Waals surface area contributed by atoms with Gasteiger partial charge in [0.15, 0.2) is 0 Å². The molecule has 2 rings (SSSR count). The van der Waals surface area contributed by atoms with Crippen molar-refractivity contribution in [2.75, 3.05) is 46.2 Å². The molecule has 0 saturated heterocycles. The Morgan fingerprint density at radius 3 is 1.13 bits per heavy atom. The first-order valence-electron chi connectivity index (χ1n) is 37.8. The highest BCUT2D eigenvalue weighted by Crippen LogP contribution is 2.30. The molecule has 15 heteroatoms. The Hall–Kier alpha value is -3.30. The lowest BCUT2D eigenvalue weighted by molar-refractivity contribution is -0.154. The molecule has 2 aliphatic rings. The van der Waals surface area contributed by atoms with Crippen molar-refractivity contribution in [3.05, 3.63) is 0 Å². The smallest absolute Gasteiger partial charge is 0.332 e. The topological polar surface area (TPSA) is 219 Å². The first-order valence-corrected chi connectivity index (χ1v) is 37.8. The highest BCUT2D eigenvalue weighted by molar-refractivity contribution is 5.76. The third-order valence-corrected chi connectivity index (χ3v) is 14.8. The van der Waals surface area contributed by atoms with Crippen LogP contribution in [0.5, 0.6) is 0 Å². The first-order chi connectivity index (χ1) is 43.7. The Bertz CT molecular complexity index is 1930. The van der Waals surface area contributed by atoms with Gasteiger partial charge in [-0.2, -0.15) is 0 Å². The van der Waals surface area contributed by atoms with Crippen molar-refractivity contribution in [3.8, 4) is 0 Å². The van der Waals surface area contributed by atoms with Gasteiger partial charge in [-0.25, -0.2) is 4.79 Å². The van der Waals surface area contributed by atoms with E-state index >= 15 is 0 Å². The zero-order chi connectivity index (χ0) is 77.4. The number of hydrogen-bond acceptors (Lipinski definition) is 15. The van der Waals surface area contributed by atoms with E-state index in [9.17, 15) is 28.8 Å². The average molecular weight is 1390 g/mol. The van der Waals surface area contributed by atoms with Crippen LogP contribution >= 0.6 is 0 Å². The second-order valence-corrected chi connectivity index (χ2v) is 38.0. The van der Waals surface area contributed by atoms with E-state index in [1.54, 1.807) is 0 Å². The van der Waals surface area contributed by atoms with Crippen LogP contribution in [0.2, 0.25) is 0 Å². The zero-order valence-electron chi connectivity index (χ0n) is 70.5. The fourth-order valence-electron chi connectivity index (χ4n) is 8.99. The van der Waals surface area contributed by atoms with Crippen LogP contribution in [0.15, 0.2) is 0 Å². The Kier molecular flexibility index (Phi) is 58.7. The third kappa shape index (κ3) is 86.9. The van der Waals surface area contributed by atoms with Crippen LogP contribution in [0.4, 0.5) is 0 Å². The molecule has 0 amide bonds. The molecule has 97 heavy (non-hydrogen) atoms. The molecule has 0 spiro atoms. The summed E-state index contributed by atoms with van der Waals surface area (Å²) < 4.78 is 36.0. The summed E-state index contributed by atoms with van der Waals surface area (Å²) in [5.74, 6) is 0.195. The van der Waals surface area contributed by atoms with Gasteiger partial charge in [-0.3, -0.25) is 24.0 Å². The second-order valence-electron chi connectivity index (χ2n) is 38.0. The van der Waals surface area contributed by atoms with E-state index in [0.717, 1.165) is 70.6 Å². The van der Waals surface area contributed by atoms with Crippen molar-refractivity contribution in [3.63, 3.8) is 0 Å². The molecular formula is C82H166N2O13. The summed E-state index contributed by atoms with van der Waals surface area (Å²) in [5.41, 5.74) is 13.3. The monoisotopic (exact) mass is 1390 g/mol. The van der Waals surface area contributed by atoms with E-state index in [4.69, 9.17) is 44.6 Å². The second kappa shape index (κ2) is 54.4. The molecule has 0 aromatic rings. The Labute approximate surface area is 601 Å². The first kappa shape index (κ1) is 105. The standard InChI is InChI=1S/2C13H24O2.C12H25NO2.2C11H22O2.C9H19NO3.C7H16.C6H14/c1-10(9-13(2,3)4)15-12(14)11-7-5-6-8-11;1-13(2,3)9-6-10-15-12(14)11-7-4-5-8-11;1-9(2)10(13)11(14)15-8-6-7-12(3,4)5;1-8(2)10(12)13-9(3)7-11(4,5)6;1-9(2)8-10(12)13-7-6-11(3,4)5;1-9(2,3)7-13-8(11)6-12-5-4-10;1-5-6-7(2,3)4;1-5-6(2,3)4/h10-11H,5-9H2,1-4H3;11H,4-10H2,1-3H3;9-10H,6-8,13H2,1-5H3;8-9H,7H2,1-6H3;9H,6-8H2,1-5H3;4-7,10H2,1-3H3;5-6H2,1-4H3;5H2,1-4H3. The van der Waals surface area contributed by atoms with Crippen molar-refractivity contribution in [1.29, 1.82) is 0 Å². The number of rotatable bonds is 25. The zero-order valence-corrected chi connectivity index (χ0v) is 70.5. The quantitative estimate of drug-likeness (QED) is 0.0493. The molecule has 0 radical (unpaired) electrons. The summed E-state index contributed by atoms with van der Waals surface area (Å²) in [6.07, 6.45) is 20.3. The van der Waals surface area contributed by atoms with Crippen LogP contribution in [-0.4, -0.2) is 100 Å². The predicted octanol–water partition coefficient (Wildman–Crippen LogP) is 21.3. The fraction of sp³-hybridized carbons (Fsp3) is 0.927. The van der Waals surface area contributed by atoms with Crippen LogP contribution in [0.1, 0.15) is 357 Å². The normalized spacial score (nSPS) is 14.8. The summed E-state index contributed by atoms with van der Waals surface area (Å²) in [6.45, 7) is 74.9. The third-order valence-electron chi connectivity index (χ3n) is 14.8. The summed E-state index contributed by atoms with van der Waals surface area (Å²) in [4.78, 5) is 67.9. The van der Waals surface area contributed by atoms with Gasteiger partial charge < -0.3 is 44.6 Å². The van der Waals surface area contributed by atoms with Gasteiger partial charge in [-0.05, 0) is 146 Å². The lowest BCUT2D eigenvalue weighted by Crippen LogP contribution is -2.37. The molecule has 0 aromatic heterocycles. The minimum Gasteiger partial charge on any atom is -0.466 e. The number of hydrogen-bond donors (Lipinski definition) is 2. The Morgan fingerprint density at radius 1 is 0.423 bits per heavy atom. The average Bonchev–Trinajstić information content (AvgIpc) is 1.91. The van der Waals surface area contributed by atoms with E-state index in [-0.39, 0.29) is 100.0 Å². The van der Waals surface area contributed by atoms with E-state index in [2.05, 4.69) is 159 Å². The van der Waals surface area contributed by atoms with Crippen LogP contribution in [0.25, 0.3) is 0 Å². The summed E-state index contributed by atoms with van der Waals surface area (Å²) in [6, 6.07) is -0.486. The molecule has 0 heterocycles. The fourth-order valence-corrected chi connectivity index (χ4v) is 8.99. The van der Waals surface area contributed by atoms with E-state index < -0.39 is 6.04 Å². The maximum absolute atomic E-state index is 11.7. The van der Waals surface area contributed by atoms with Crippen molar-refractivity contribution >= 4 is 35.8 Å². The molecule has 3 unspecified atom stereocenters. The van der Waals surface area contributed by atoms with Crippen LogP contribution < -0.4 is 11.5 Å². The van der Waals surface area contributed by atoms with Gasteiger partial charge >= 0.3 is 35.8 Å². The maximum atomic E-state index is 11.7. The number of esters is 6. The maximum Gasteiger partial charge on any atom is 0.332 e. The molecule has 0 bridgehead atoms. The Morgan fingerprint density at radius 2 is 0.814 bits per heavy atom. The van der Waals surface area contributed by atoms with Crippen molar-refractivity contribution in [2.45, 2.75) is 376 Å². The molecule has 2 aliphatic carbocycles. The largest absolute Gasteiger partial charge is 0.466 e. The molecule has 4 N–H and O–H groups in total. The van der Waals surface area contributed by atoms with E-state index in [1.165, 1.54) is 44.9 Å². The number of nitrogens with two attached hydrogens (primary N) is 2. The lowest BCUT2D eigenvalue weighted by atomic mass is 9.90. The predicted molar refractivity (Wildman–Crippen MR) is 409 cm³/mol. The SMILES string of the molecule is CC(C)(C)CCCOC(=O)C1CCCC1.CC(C)(C)COC(=O)COCCN.CC(C)C(N)C(=O)OCCCC(C)(C)C.CC(C)CC(=O)OCCC(C)(C)C.CC(CC(C)(C)C)OC(=O)C(C)C.CC(CC(C)(C)C)OC(=O)C1CCCC1.CCC(C)(C)C.CCCC(C)(C)C. The van der Waals surface area contributed by atoms with Crippen LogP contribution in [0.3, 0.4) is 0 Å². The van der Waals surface area contributed by atoms with Crippen molar-refractivity contribution in [1.82, 2.24) is 0 Å². The van der Waals surface area contributed by atoms with Crippen molar-refractivity contribution < 1.29 is 61.9 Å². The summed E-state index contributed by atoms with van der Waals surface area (Å²) >= 11 is 0. The molecule has 3 atom stereocenters. The van der Waals surface area contributed by atoms with Gasteiger partial charge in [-0.15, -0.1) is 0 Å². The molecule has 2 saturated carbocycles. The van der Waals surface area contributed by atoms with Crippen molar-refractivity contribution in [2.24, 2.45) is 84.4 Å². The van der Waals surface area contributed by atoms with Gasteiger partial charge in [0.05, 0.1) is 63.0 Å². The van der Waals surface area contributed by atoms with Crippen LogP contribution in [0, 0.1) is 72.9 Å². The molecular weight excluding hydrogens is 1220 g/mol. The van der Waals surface area contributed by atoms with Gasteiger partial charge in [0.25, 0.3) is 0 Å². The van der Waals surface area contributed by atoms with E-state index in [0.29, 0.717) is 73.6 Å². The summed E-state index contributed by atoms with van der Waals surface area (Å²) in [7, 11) is 0. The Balaban J connectivity index is -0.000000247. The molecule has 2 fully saturated rings.